The van der Waals surface area contributed by atoms with Crippen molar-refractivity contribution in [2.45, 2.75) is 59.8 Å². The first-order valence-electron chi connectivity index (χ1n) is 10.5. The highest BCUT2D eigenvalue weighted by molar-refractivity contribution is 7.80. The van der Waals surface area contributed by atoms with Gasteiger partial charge in [0, 0.05) is 26.9 Å². The minimum absolute atomic E-state index is 0.369. The number of aryl methyl sites for hydroxylation is 1. The van der Waals surface area contributed by atoms with E-state index in [9.17, 15) is 4.21 Å². The Kier molecular flexibility index (Phi) is 6.25. The van der Waals surface area contributed by atoms with Gasteiger partial charge in [0.2, 0.25) is 11.1 Å². The van der Waals surface area contributed by atoms with Gasteiger partial charge in [0.1, 0.15) is 0 Å². The van der Waals surface area contributed by atoms with Crippen LogP contribution in [0.4, 0.5) is 5.88 Å². The lowest BCUT2D eigenvalue weighted by molar-refractivity contribution is 0.366. The van der Waals surface area contributed by atoms with Gasteiger partial charge in [-0.05, 0) is 87.9 Å². The Balaban J connectivity index is 1.75. The summed E-state index contributed by atoms with van der Waals surface area (Å²) < 4.78 is 25.2. The van der Waals surface area contributed by atoms with E-state index < -0.39 is 11.1 Å². The fourth-order valence-electron chi connectivity index (χ4n) is 4.00. The van der Waals surface area contributed by atoms with Crippen LogP contribution >= 0.6 is 11.3 Å². The van der Waals surface area contributed by atoms with Crippen molar-refractivity contribution in [3.8, 4) is 0 Å². The van der Waals surface area contributed by atoms with Gasteiger partial charge in [0.25, 0.3) is 5.88 Å². The zero-order valence-corrected chi connectivity index (χ0v) is 21.1. The third kappa shape index (κ3) is 3.89. The third-order valence-electron chi connectivity index (χ3n) is 6.64. The second kappa shape index (κ2) is 8.81. The molecular formula is C25H28N2O3S2. The summed E-state index contributed by atoms with van der Waals surface area (Å²) in [6.45, 7) is 14.6. The Morgan fingerprint density at radius 2 is 1.56 bits per heavy atom. The SMILES string of the molecule is Cc1noc(NOS(=O)c2c(Cc3c(C)c(C)c(C)c(C)c3C)sc3ccccc23)c1C. The summed E-state index contributed by atoms with van der Waals surface area (Å²) in [5.41, 5.74) is 12.2. The molecule has 2 aromatic heterocycles. The second-order valence-electron chi connectivity index (χ2n) is 8.27. The van der Waals surface area contributed by atoms with E-state index in [1.807, 2.05) is 32.0 Å². The number of benzene rings is 2. The molecule has 32 heavy (non-hydrogen) atoms. The van der Waals surface area contributed by atoms with Crippen LogP contribution in [-0.2, 0) is 21.8 Å². The molecule has 0 saturated heterocycles. The molecule has 0 spiro atoms. The maximum atomic E-state index is 13.4. The Morgan fingerprint density at radius 3 is 2.19 bits per heavy atom. The standard InChI is InChI=1S/C25H28N2O3S2/c1-13-14(2)16(4)21(17(5)15(13)3)12-23-24(20-10-8-9-11-22(20)31-23)32(28)30-27-25-18(6)19(7)26-29-25/h8-11,27H,12H2,1-7H3. The predicted octanol–water partition coefficient (Wildman–Crippen LogP) is 6.71. The van der Waals surface area contributed by atoms with Crippen LogP contribution in [0.5, 0.6) is 0 Å². The van der Waals surface area contributed by atoms with Crippen LogP contribution in [0.2, 0.25) is 0 Å². The first-order chi connectivity index (χ1) is 15.2. The van der Waals surface area contributed by atoms with Crippen molar-refractivity contribution in [2.75, 3.05) is 5.48 Å². The second-order valence-corrected chi connectivity index (χ2v) is 10.5. The highest BCUT2D eigenvalue weighted by atomic mass is 32.2. The molecule has 2 aromatic carbocycles. The zero-order valence-electron chi connectivity index (χ0n) is 19.5. The largest absolute Gasteiger partial charge is 0.336 e. The molecule has 7 heteroatoms. The molecule has 1 atom stereocenters. The van der Waals surface area contributed by atoms with Crippen molar-refractivity contribution >= 4 is 38.4 Å². The Morgan fingerprint density at radius 1 is 0.938 bits per heavy atom. The number of rotatable bonds is 6. The number of aromatic nitrogens is 1. The van der Waals surface area contributed by atoms with Gasteiger partial charge in [-0.15, -0.1) is 11.3 Å². The van der Waals surface area contributed by atoms with Crippen LogP contribution in [-0.4, -0.2) is 9.37 Å². The first kappa shape index (κ1) is 22.7. The maximum absolute atomic E-state index is 13.4. The normalized spacial score (nSPS) is 12.5. The molecule has 0 fully saturated rings. The Bertz CT molecular complexity index is 1320. The molecule has 2 heterocycles. The third-order valence-corrected chi connectivity index (χ3v) is 8.98. The van der Waals surface area contributed by atoms with Crippen molar-refractivity contribution in [1.82, 2.24) is 5.16 Å². The number of thiophene rings is 1. The minimum Gasteiger partial charge on any atom is -0.336 e. The minimum atomic E-state index is -1.73. The number of fused-ring (bicyclic) bond motifs is 1. The van der Waals surface area contributed by atoms with Crippen LogP contribution in [0, 0.1) is 48.5 Å². The lowest BCUT2D eigenvalue weighted by Crippen LogP contribution is -2.08. The van der Waals surface area contributed by atoms with E-state index in [2.05, 4.69) is 51.3 Å². The first-order valence-corrected chi connectivity index (χ1v) is 12.4. The lowest BCUT2D eigenvalue weighted by Gasteiger charge is -2.18. The number of nitrogens with zero attached hydrogens (tertiary/aromatic N) is 1. The molecule has 0 aliphatic carbocycles. The average molecular weight is 469 g/mol. The van der Waals surface area contributed by atoms with Gasteiger partial charge in [-0.3, -0.25) is 0 Å². The van der Waals surface area contributed by atoms with E-state index in [0.717, 1.165) is 26.2 Å². The molecule has 0 radical (unpaired) electrons. The van der Waals surface area contributed by atoms with E-state index in [-0.39, 0.29) is 0 Å². The monoisotopic (exact) mass is 468 g/mol. The Hall–Kier alpha value is -2.48. The molecule has 0 aliphatic heterocycles. The van der Waals surface area contributed by atoms with Gasteiger partial charge in [0.05, 0.1) is 10.6 Å². The van der Waals surface area contributed by atoms with Crippen LogP contribution in [0.3, 0.4) is 0 Å². The number of nitrogens with one attached hydrogen (secondary N) is 1. The smallest absolute Gasteiger partial charge is 0.252 e. The van der Waals surface area contributed by atoms with Crippen molar-refractivity contribution in [3.63, 3.8) is 0 Å². The van der Waals surface area contributed by atoms with Gasteiger partial charge in [-0.2, -0.15) is 4.28 Å². The summed E-state index contributed by atoms with van der Waals surface area (Å²) >= 11 is -0.0557. The van der Waals surface area contributed by atoms with Gasteiger partial charge >= 0.3 is 0 Å². The Labute approximate surface area is 195 Å². The molecule has 1 N–H and O–H groups in total. The molecule has 0 saturated carbocycles. The van der Waals surface area contributed by atoms with E-state index in [4.69, 9.17) is 8.81 Å². The van der Waals surface area contributed by atoms with Gasteiger partial charge in [0.15, 0.2) is 0 Å². The van der Waals surface area contributed by atoms with Crippen molar-refractivity contribution in [1.29, 1.82) is 0 Å². The van der Waals surface area contributed by atoms with Crippen LogP contribution in [0.25, 0.3) is 10.1 Å². The lowest BCUT2D eigenvalue weighted by atomic mass is 9.88. The van der Waals surface area contributed by atoms with Crippen molar-refractivity contribution in [2.24, 2.45) is 0 Å². The zero-order chi connectivity index (χ0) is 23.2. The fourth-order valence-corrected chi connectivity index (χ4v) is 6.36. The molecule has 0 amide bonds. The molecule has 168 valence electrons. The number of anilines is 1. The van der Waals surface area contributed by atoms with E-state index in [0.29, 0.717) is 17.2 Å². The summed E-state index contributed by atoms with van der Waals surface area (Å²) in [4.78, 5) is 1.76. The highest BCUT2D eigenvalue weighted by Crippen LogP contribution is 2.38. The van der Waals surface area contributed by atoms with E-state index in [1.165, 1.54) is 33.4 Å². The summed E-state index contributed by atoms with van der Waals surface area (Å²) in [7, 11) is 0. The summed E-state index contributed by atoms with van der Waals surface area (Å²) in [5.74, 6) is 0.369. The van der Waals surface area contributed by atoms with Gasteiger partial charge < -0.3 is 4.52 Å². The molecule has 1 unspecified atom stereocenters. The maximum Gasteiger partial charge on any atom is 0.252 e. The molecule has 0 bridgehead atoms. The highest BCUT2D eigenvalue weighted by Gasteiger charge is 2.22. The van der Waals surface area contributed by atoms with Gasteiger partial charge in [-0.25, -0.2) is 9.69 Å². The fraction of sp³-hybridized carbons (Fsp3) is 0.320. The van der Waals surface area contributed by atoms with Crippen molar-refractivity contribution in [3.05, 3.63) is 73.8 Å². The predicted molar refractivity (Wildman–Crippen MR) is 132 cm³/mol. The topological polar surface area (TPSA) is 64.4 Å². The van der Waals surface area contributed by atoms with Crippen LogP contribution in [0.1, 0.15) is 49.5 Å². The van der Waals surface area contributed by atoms with Crippen molar-refractivity contribution < 1.29 is 13.0 Å². The molecule has 4 rings (SSSR count). The van der Waals surface area contributed by atoms with Crippen LogP contribution < -0.4 is 5.48 Å². The number of hydrogen-bond acceptors (Lipinski definition) is 6. The van der Waals surface area contributed by atoms with Gasteiger partial charge in [-0.1, -0.05) is 23.4 Å². The summed E-state index contributed by atoms with van der Waals surface area (Å²) in [5, 5.41) is 4.86. The average Bonchev–Trinajstić information content (AvgIpc) is 3.31. The molecule has 0 aliphatic rings. The summed E-state index contributed by atoms with van der Waals surface area (Å²) in [6.07, 6.45) is 0.712. The summed E-state index contributed by atoms with van der Waals surface area (Å²) in [6, 6.07) is 8.04. The van der Waals surface area contributed by atoms with E-state index >= 15 is 0 Å². The molecular weight excluding hydrogens is 440 g/mol. The number of hydrogen-bond donors (Lipinski definition) is 1. The molecule has 4 aromatic rings. The van der Waals surface area contributed by atoms with Crippen LogP contribution in [0.15, 0.2) is 33.7 Å². The van der Waals surface area contributed by atoms with E-state index in [1.54, 1.807) is 11.3 Å². The quantitative estimate of drug-likeness (QED) is 0.319. The molecule has 5 nitrogen and oxygen atoms in total.